The second kappa shape index (κ2) is 12.4. The summed E-state index contributed by atoms with van der Waals surface area (Å²) in [6.07, 6.45) is 6.17. The van der Waals surface area contributed by atoms with Crippen LogP contribution in [-0.2, 0) is 16.1 Å². The molecule has 2 aliphatic rings. The van der Waals surface area contributed by atoms with Crippen molar-refractivity contribution < 1.29 is 14.3 Å². The first-order valence-corrected chi connectivity index (χ1v) is 12.6. The molecule has 1 unspecified atom stereocenters. The van der Waals surface area contributed by atoms with Gasteiger partial charge in [-0.25, -0.2) is 0 Å². The molecule has 1 heterocycles. The van der Waals surface area contributed by atoms with Crippen molar-refractivity contribution in [3.05, 3.63) is 29.8 Å². The van der Waals surface area contributed by atoms with Gasteiger partial charge in [-0.3, -0.25) is 19.6 Å². The fraction of sp³-hybridized carbons (Fsp3) is 0.619. The minimum atomic E-state index is -0.583. The second-order valence-corrected chi connectivity index (χ2v) is 9.67. The fourth-order valence-corrected chi connectivity index (χ4v) is 5.45. The molecule has 0 aromatic heterocycles. The summed E-state index contributed by atoms with van der Waals surface area (Å²) < 4.78 is 8.65. The molecule has 2 fully saturated rings. The summed E-state index contributed by atoms with van der Waals surface area (Å²) in [6.45, 7) is 1.22. The Morgan fingerprint density at radius 3 is 2.67 bits per heavy atom. The third kappa shape index (κ3) is 7.37. The van der Waals surface area contributed by atoms with Gasteiger partial charge in [0, 0.05) is 30.6 Å². The van der Waals surface area contributed by atoms with Crippen LogP contribution in [0.25, 0.3) is 0 Å². The molecule has 1 saturated heterocycles. The SMILES string of the molecule is COc1ccc(CNC(=O)[C@H](CSNC2CCCCC2)NC(=O)C2NCCS2)cc1. The second-order valence-electron chi connectivity index (χ2n) is 7.60. The summed E-state index contributed by atoms with van der Waals surface area (Å²) in [7, 11) is 1.63. The number of carbonyl (C=O) groups excluding carboxylic acids is 2. The van der Waals surface area contributed by atoms with Crippen LogP contribution in [0.2, 0.25) is 0 Å². The Kier molecular flexibility index (Phi) is 9.64. The number of nitrogens with one attached hydrogen (secondary N) is 4. The van der Waals surface area contributed by atoms with Gasteiger partial charge in [0.2, 0.25) is 11.8 Å². The molecule has 0 bridgehead atoms. The topological polar surface area (TPSA) is 91.5 Å². The van der Waals surface area contributed by atoms with Crippen molar-refractivity contribution in [3.63, 3.8) is 0 Å². The minimum absolute atomic E-state index is 0.125. The summed E-state index contributed by atoms with van der Waals surface area (Å²) in [4.78, 5) is 25.4. The first-order valence-electron chi connectivity index (χ1n) is 10.6. The lowest BCUT2D eigenvalue weighted by molar-refractivity contribution is -0.128. The normalized spacial score (nSPS) is 20.5. The lowest BCUT2D eigenvalue weighted by Crippen LogP contribution is -2.52. The number of thioether (sulfide) groups is 1. The van der Waals surface area contributed by atoms with E-state index in [-0.39, 0.29) is 17.2 Å². The molecule has 3 rings (SSSR count). The molecule has 0 spiro atoms. The zero-order valence-corrected chi connectivity index (χ0v) is 19.1. The molecule has 1 aromatic carbocycles. The van der Waals surface area contributed by atoms with Crippen LogP contribution in [0.3, 0.4) is 0 Å². The maximum atomic E-state index is 12.9. The van der Waals surface area contributed by atoms with E-state index in [9.17, 15) is 9.59 Å². The Morgan fingerprint density at radius 1 is 1.23 bits per heavy atom. The number of benzene rings is 1. The first kappa shape index (κ1) is 23.2. The zero-order chi connectivity index (χ0) is 21.2. The molecular formula is C21H32N4O3S2. The van der Waals surface area contributed by atoms with E-state index in [2.05, 4.69) is 20.7 Å². The summed E-state index contributed by atoms with van der Waals surface area (Å²) in [5.74, 6) is 1.89. The van der Waals surface area contributed by atoms with Gasteiger partial charge in [0.05, 0.1) is 7.11 Å². The third-order valence-corrected chi connectivity index (χ3v) is 7.47. The van der Waals surface area contributed by atoms with Gasteiger partial charge in [0.15, 0.2) is 0 Å². The number of methoxy groups -OCH3 is 1. The van der Waals surface area contributed by atoms with E-state index in [0.29, 0.717) is 18.3 Å². The van der Waals surface area contributed by atoms with Crippen LogP contribution in [0.5, 0.6) is 5.75 Å². The van der Waals surface area contributed by atoms with Crippen molar-refractivity contribution in [2.24, 2.45) is 0 Å². The molecule has 30 heavy (non-hydrogen) atoms. The van der Waals surface area contributed by atoms with Gasteiger partial charge in [-0.1, -0.05) is 43.3 Å². The third-order valence-electron chi connectivity index (χ3n) is 5.32. The van der Waals surface area contributed by atoms with Gasteiger partial charge in [0.1, 0.15) is 17.2 Å². The van der Waals surface area contributed by atoms with Gasteiger partial charge in [-0.15, -0.1) is 11.8 Å². The van der Waals surface area contributed by atoms with E-state index in [0.717, 1.165) is 23.6 Å². The average Bonchev–Trinajstić information content (AvgIpc) is 3.33. The van der Waals surface area contributed by atoms with E-state index in [1.807, 2.05) is 24.3 Å². The van der Waals surface area contributed by atoms with Crippen LogP contribution in [-0.4, -0.2) is 54.4 Å². The largest absolute Gasteiger partial charge is 0.497 e. The number of hydrogen-bond donors (Lipinski definition) is 4. The smallest absolute Gasteiger partial charge is 0.248 e. The highest BCUT2D eigenvalue weighted by molar-refractivity contribution is 8.00. The maximum Gasteiger partial charge on any atom is 0.248 e. The van der Waals surface area contributed by atoms with Crippen LogP contribution in [0.1, 0.15) is 37.7 Å². The standard InChI is InChI=1S/C21H32N4O3S2/c1-28-17-9-7-15(8-10-17)13-23-19(26)18(24-20(27)21-22-11-12-29-21)14-30-25-16-5-3-2-4-6-16/h7-10,16,18,21-22,25H,2-6,11-14H2,1H3,(H,23,26)(H,24,27)/t18-,21?/m0/s1. The van der Waals surface area contributed by atoms with Gasteiger partial charge in [-0.05, 0) is 30.5 Å². The monoisotopic (exact) mass is 452 g/mol. The van der Waals surface area contributed by atoms with Crippen molar-refractivity contribution in [2.75, 3.05) is 25.2 Å². The predicted molar refractivity (Wildman–Crippen MR) is 123 cm³/mol. The highest BCUT2D eigenvalue weighted by Gasteiger charge is 2.28. The molecule has 2 amide bonds. The average molecular weight is 453 g/mol. The van der Waals surface area contributed by atoms with Crippen LogP contribution >= 0.6 is 23.7 Å². The van der Waals surface area contributed by atoms with Crippen LogP contribution in [0.4, 0.5) is 0 Å². The molecule has 4 N–H and O–H groups in total. The summed E-state index contributed by atoms with van der Waals surface area (Å²) in [6, 6.07) is 7.49. The van der Waals surface area contributed by atoms with Crippen molar-refractivity contribution >= 4 is 35.5 Å². The fourth-order valence-electron chi connectivity index (χ4n) is 3.55. The highest BCUT2D eigenvalue weighted by Crippen LogP contribution is 2.20. The van der Waals surface area contributed by atoms with Gasteiger partial charge in [0.25, 0.3) is 0 Å². The molecule has 0 radical (unpaired) electrons. The number of ether oxygens (including phenoxy) is 1. The van der Waals surface area contributed by atoms with E-state index in [1.54, 1.807) is 18.9 Å². The molecular weight excluding hydrogens is 420 g/mol. The van der Waals surface area contributed by atoms with E-state index < -0.39 is 6.04 Å². The van der Waals surface area contributed by atoms with Crippen LogP contribution in [0, 0.1) is 0 Å². The molecule has 1 saturated carbocycles. The first-order chi connectivity index (χ1) is 14.7. The molecule has 1 aliphatic heterocycles. The number of carbonyl (C=O) groups is 2. The van der Waals surface area contributed by atoms with Crippen LogP contribution < -0.4 is 25.4 Å². The number of amides is 2. The Balaban J connectivity index is 1.51. The van der Waals surface area contributed by atoms with Crippen molar-refractivity contribution in [1.29, 1.82) is 0 Å². The summed E-state index contributed by atoms with van der Waals surface area (Å²) >= 11 is 3.11. The maximum absolute atomic E-state index is 12.9. The minimum Gasteiger partial charge on any atom is -0.497 e. The van der Waals surface area contributed by atoms with Gasteiger partial charge >= 0.3 is 0 Å². The van der Waals surface area contributed by atoms with Crippen molar-refractivity contribution in [1.82, 2.24) is 20.7 Å². The highest BCUT2D eigenvalue weighted by atomic mass is 32.2. The van der Waals surface area contributed by atoms with Gasteiger partial charge < -0.3 is 15.4 Å². The quantitative estimate of drug-likeness (QED) is 0.404. The Labute approximate surface area is 187 Å². The van der Waals surface area contributed by atoms with Crippen molar-refractivity contribution in [2.45, 2.75) is 56.1 Å². The zero-order valence-electron chi connectivity index (χ0n) is 17.4. The summed E-state index contributed by atoms with van der Waals surface area (Å²) in [5, 5.41) is 8.78. The molecule has 1 aromatic rings. The Bertz CT molecular complexity index is 677. The van der Waals surface area contributed by atoms with Crippen molar-refractivity contribution in [3.8, 4) is 5.75 Å². The number of rotatable bonds is 10. The molecule has 1 aliphatic carbocycles. The lowest BCUT2D eigenvalue weighted by Gasteiger charge is -2.24. The van der Waals surface area contributed by atoms with E-state index in [1.165, 1.54) is 44.1 Å². The van der Waals surface area contributed by atoms with E-state index in [4.69, 9.17) is 4.74 Å². The predicted octanol–water partition coefficient (Wildman–Crippen LogP) is 2.03. The Hall–Kier alpha value is -1.42. The molecule has 166 valence electrons. The Morgan fingerprint density at radius 2 is 2.00 bits per heavy atom. The van der Waals surface area contributed by atoms with E-state index >= 15 is 0 Å². The molecule has 2 atom stereocenters. The summed E-state index contributed by atoms with van der Waals surface area (Å²) in [5.41, 5.74) is 0.982. The lowest BCUT2D eigenvalue weighted by atomic mass is 9.96. The van der Waals surface area contributed by atoms with Gasteiger partial charge in [-0.2, -0.15) is 0 Å². The van der Waals surface area contributed by atoms with Crippen LogP contribution in [0.15, 0.2) is 24.3 Å². The number of hydrogen-bond acceptors (Lipinski definition) is 7. The molecule has 9 heteroatoms. The molecule has 7 nitrogen and oxygen atoms in total.